The van der Waals surface area contributed by atoms with Crippen molar-refractivity contribution < 1.29 is 4.74 Å². The lowest BCUT2D eigenvalue weighted by Crippen LogP contribution is -2.38. The first kappa shape index (κ1) is 19.6. The van der Waals surface area contributed by atoms with Crippen molar-refractivity contribution in [3.8, 4) is 0 Å². The Morgan fingerprint density at radius 2 is 1.58 bits per heavy atom. The van der Waals surface area contributed by atoms with Crippen LogP contribution in [0.3, 0.4) is 0 Å². The summed E-state index contributed by atoms with van der Waals surface area (Å²) in [6.45, 7) is 10.1. The summed E-state index contributed by atoms with van der Waals surface area (Å²) in [5.74, 6) is 0. The monoisotopic (exact) mass is 371 g/mol. The van der Waals surface area contributed by atoms with Crippen LogP contribution >= 0.6 is 11.3 Å². The molecule has 0 saturated carbocycles. The van der Waals surface area contributed by atoms with Crippen molar-refractivity contribution in [2.45, 2.75) is 46.0 Å². The molecule has 1 aliphatic heterocycles. The number of hydrogen-bond acceptors (Lipinski definition) is 3. The molecule has 142 valence electrons. The number of nitrogens with zero attached hydrogens (tertiary/aromatic N) is 1. The van der Waals surface area contributed by atoms with E-state index in [2.05, 4.69) is 61.2 Å². The van der Waals surface area contributed by atoms with E-state index in [1.54, 1.807) is 4.88 Å². The summed E-state index contributed by atoms with van der Waals surface area (Å²) in [7, 11) is 0. The lowest BCUT2D eigenvalue weighted by atomic mass is 9.84. The van der Waals surface area contributed by atoms with Gasteiger partial charge in [-0.2, -0.15) is 0 Å². The quantitative estimate of drug-likeness (QED) is 0.599. The average Bonchev–Trinajstić information content (AvgIpc) is 3.13. The van der Waals surface area contributed by atoms with Gasteiger partial charge in [0.05, 0.1) is 13.2 Å². The maximum Gasteiger partial charge on any atom is 0.0594 e. The standard InChI is InChI=1S/C23H33NOS/c1-23(2,14-15-24-16-18-25-19-17-24)13-12-22-11-10-21(26-22)9-8-20-6-4-3-5-7-20/h3-7,10-11H,8-9,12-19H2,1-2H3. The van der Waals surface area contributed by atoms with Crippen LogP contribution in [-0.2, 0) is 24.0 Å². The van der Waals surface area contributed by atoms with Crippen LogP contribution in [0.5, 0.6) is 0 Å². The minimum absolute atomic E-state index is 0.409. The van der Waals surface area contributed by atoms with Crippen molar-refractivity contribution in [1.82, 2.24) is 4.90 Å². The van der Waals surface area contributed by atoms with Crippen molar-refractivity contribution in [2.24, 2.45) is 5.41 Å². The van der Waals surface area contributed by atoms with Crippen LogP contribution in [-0.4, -0.2) is 37.7 Å². The van der Waals surface area contributed by atoms with E-state index >= 15 is 0 Å². The van der Waals surface area contributed by atoms with Gasteiger partial charge in [-0.1, -0.05) is 44.2 Å². The predicted octanol–water partition coefficient (Wildman–Crippen LogP) is 5.21. The van der Waals surface area contributed by atoms with E-state index in [0.717, 1.165) is 39.1 Å². The van der Waals surface area contributed by atoms with Gasteiger partial charge in [-0.3, -0.25) is 4.90 Å². The maximum atomic E-state index is 5.45. The Labute approximate surface area is 163 Å². The molecule has 0 radical (unpaired) electrons. The molecule has 1 fully saturated rings. The van der Waals surface area contributed by atoms with E-state index in [1.165, 1.54) is 36.2 Å². The molecular weight excluding hydrogens is 338 g/mol. The SMILES string of the molecule is CC(C)(CCc1ccc(CCc2ccccc2)s1)CCN1CCOCC1. The lowest BCUT2D eigenvalue weighted by molar-refractivity contribution is 0.0323. The second kappa shape index (κ2) is 9.68. The summed E-state index contributed by atoms with van der Waals surface area (Å²) >= 11 is 2.01. The molecule has 1 aromatic heterocycles. The van der Waals surface area contributed by atoms with Gasteiger partial charge in [-0.25, -0.2) is 0 Å². The third kappa shape index (κ3) is 6.53. The molecule has 2 heterocycles. The Morgan fingerprint density at radius 1 is 0.885 bits per heavy atom. The number of thiophene rings is 1. The van der Waals surface area contributed by atoms with Crippen molar-refractivity contribution in [3.63, 3.8) is 0 Å². The molecule has 3 rings (SSSR count). The van der Waals surface area contributed by atoms with Crippen LogP contribution in [0.2, 0.25) is 0 Å². The number of aryl methyl sites for hydroxylation is 3. The van der Waals surface area contributed by atoms with Crippen molar-refractivity contribution in [3.05, 3.63) is 57.8 Å². The molecule has 2 aromatic rings. The minimum Gasteiger partial charge on any atom is -0.379 e. The summed E-state index contributed by atoms with van der Waals surface area (Å²) in [6.07, 6.45) is 6.07. The summed E-state index contributed by atoms with van der Waals surface area (Å²) in [5.41, 5.74) is 1.85. The van der Waals surface area contributed by atoms with Crippen molar-refractivity contribution in [2.75, 3.05) is 32.8 Å². The normalized spacial score (nSPS) is 16.1. The molecule has 0 bridgehead atoms. The fourth-order valence-electron chi connectivity index (χ4n) is 3.48. The highest BCUT2D eigenvalue weighted by molar-refractivity contribution is 7.11. The van der Waals surface area contributed by atoms with Crippen LogP contribution in [0.4, 0.5) is 0 Å². The van der Waals surface area contributed by atoms with Crippen LogP contribution in [0.25, 0.3) is 0 Å². The first-order chi connectivity index (χ1) is 12.6. The molecule has 0 amide bonds. The second-order valence-corrected chi connectivity index (χ2v) is 9.47. The summed E-state index contributed by atoms with van der Waals surface area (Å²) in [6, 6.07) is 15.5. The number of ether oxygens (including phenoxy) is 1. The molecule has 3 heteroatoms. The molecule has 0 unspecified atom stereocenters. The van der Waals surface area contributed by atoms with Crippen LogP contribution in [0, 0.1) is 5.41 Å². The van der Waals surface area contributed by atoms with Gasteiger partial charge in [-0.15, -0.1) is 11.3 Å². The third-order valence-electron chi connectivity index (χ3n) is 5.48. The summed E-state index contributed by atoms with van der Waals surface area (Å²) < 4.78 is 5.45. The Balaban J connectivity index is 1.40. The largest absolute Gasteiger partial charge is 0.379 e. The first-order valence-corrected chi connectivity index (χ1v) is 10.8. The Hall–Kier alpha value is -1.16. The van der Waals surface area contributed by atoms with Crippen LogP contribution in [0.1, 0.15) is 42.0 Å². The van der Waals surface area contributed by atoms with E-state index in [-0.39, 0.29) is 0 Å². The first-order valence-electron chi connectivity index (χ1n) is 10.0. The predicted molar refractivity (Wildman–Crippen MR) is 112 cm³/mol. The van der Waals surface area contributed by atoms with Gasteiger partial charge in [0.15, 0.2) is 0 Å². The third-order valence-corrected chi connectivity index (χ3v) is 6.68. The summed E-state index contributed by atoms with van der Waals surface area (Å²) in [4.78, 5) is 5.63. The van der Waals surface area contributed by atoms with Crippen molar-refractivity contribution in [1.29, 1.82) is 0 Å². The molecule has 2 nitrogen and oxygen atoms in total. The Morgan fingerprint density at radius 3 is 2.31 bits per heavy atom. The summed E-state index contributed by atoms with van der Waals surface area (Å²) in [5, 5.41) is 0. The second-order valence-electron chi connectivity index (χ2n) is 8.22. The van der Waals surface area contributed by atoms with E-state index in [0.29, 0.717) is 5.41 Å². The van der Waals surface area contributed by atoms with Crippen LogP contribution < -0.4 is 0 Å². The van der Waals surface area contributed by atoms with Gasteiger partial charge in [-0.05, 0) is 61.8 Å². The van der Waals surface area contributed by atoms with Crippen LogP contribution in [0.15, 0.2) is 42.5 Å². The van der Waals surface area contributed by atoms with Gasteiger partial charge in [0.1, 0.15) is 0 Å². The lowest BCUT2D eigenvalue weighted by Gasteiger charge is -2.31. The van der Waals surface area contributed by atoms with Gasteiger partial charge in [0.2, 0.25) is 0 Å². The highest BCUT2D eigenvalue weighted by Gasteiger charge is 2.20. The Kier molecular flexibility index (Phi) is 7.30. The number of benzene rings is 1. The number of rotatable bonds is 9. The van der Waals surface area contributed by atoms with E-state index in [9.17, 15) is 0 Å². The molecule has 0 atom stereocenters. The zero-order valence-corrected chi connectivity index (χ0v) is 17.2. The Bertz CT molecular complexity index is 643. The smallest absolute Gasteiger partial charge is 0.0594 e. The minimum atomic E-state index is 0.409. The molecule has 0 aliphatic carbocycles. The fourth-order valence-corrected chi connectivity index (χ4v) is 4.49. The van der Waals surface area contributed by atoms with Gasteiger partial charge in [0, 0.05) is 22.8 Å². The number of hydrogen-bond donors (Lipinski definition) is 0. The molecule has 1 saturated heterocycles. The molecule has 0 N–H and O–H groups in total. The highest BCUT2D eigenvalue weighted by atomic mass is 32.1. The maximum absolute atomic E-state index is 5.45. The average molecular weight is 372 g/mol. The highest BCUT2D eigenvalue weighted by Crippen LogP contribution is 2.29. The number of morpholine rings is 1. The van der Waals surface area contributed by atoms with E-state index in [1.807, 2.05) is 11.3 Å². The van der Waals surface area contributed by atoms with E-state index < -0.39 is 0 Å². The topological polar surface area (TPSA) is 12.5 Å². The zero-order valence-electron chi connectivity index (χ0n) is 16.4. The van der Waals surface area contributed by atoms with Gasteiger partial charge < -0.3 is 4.74 Å². The molecule has 26 heavy (non-hydrogen) atoms. The molecule has 1 aliphatic rings. The van der Waals surface area contributed by atoms with Crippen molar-refractivity contribution >= 4 is 11.3 Å². The molecular formula is C23H33NOS. The molecule has 1 aromatic carbocycles. The van der Waals surface area contributed by atoms with Gasteiger partial charge in [0.25, 0.3) is 0 Å². The van der Waals surface area contributed by atoms with E-state index in [4.69, 9.17) is 4.74 Å². The zero-order chi connectivity index (χ0) is 18.2. The molecule has 0 spiro atoms. The fraction of sp³-hybridized carbons (Fsp3) is 0.565. The van der Waals surface area contributed by atoms with Gasteiger partial charge >= 0.3 is 0 Å².